The summed E-state index contributed by atoms with van der Waals surface area (Å²) in [6, 6.07) is 12.3. The Labute approximate surface area is 90.4 Å². The maximum absolute atomic E-state index is 4.77. The number of hydrogen-bond acceptors (Lipinski definition) is 2. The van der Waals surface area contributed by atoms with Crippen LogP contribution in [0.2, 0.25) is 0 Å². The van der Waals surface area contributed by atoms with Crippen LogP contribution in [-0.4, -0.2) is 17.9 Å². The van der Waals surface area contributed by atoms with Gasteiger partial charge in [-0.25, -0.2) is 0 Å². The lowest BCUT2D eigenvalue weighted by Gasteiger charge is -2.23. The second kappa shape index (κ2) is 3.69. The summed E-state index contributed by atoms with van der Waals surface area (Å²) in [6.07, 6.45) is 5.20. The fourth-order valence-corrected chi connectivity index (χ4v) is 2.51. The SMILES string of the molecule is [c]1cccc(C2=N[C@@H]3CCCC[C@H]3N2)c1. The molecule has 1 fully saturated rings. The van der Waals surface area contributed by atoms with Crippen molar-refractivity contribution in [1.82, 2.24) is 5.32 Å². The Hall–Kier alpha value is -1.31. The van der Waals surface area contributed by atoms with Gasteiger partial charge in [-0.1, -0.05) is 31.0 Å². The Bertz CT molecular complexity index is 369. The van der Waals surface area contributed by atoms with Crippen LogP contribution in [0.4, 0.5) is 0 Å². The molecule has 0 amide bonds. The number of nitrogens with one attached hydrogen (secondary N) is 1. The highest BCUT2D eigenvalue weighted by Crippen LogP contribution is 2.25. The van der Waals surface area contributed by atoms with Crippen molar-refractivity contribution in [3.63, 3.8) is 0 Å². The van der Waals surface area contributed by atoms with Crippen molar-refractivity contribution in [1.29, 1.82) is 0 Å². The molecule has 1 heterocycles. The van der Waals surface area contributed by atoms with Gasteiger partial charge in [-0.3, -0.25) is 4.99 Å². The molecule has 1 saturated carbocycles. The Balaban J connectivity index is 1.84. The Kier molecular flexibility index (Phi) is 2.20. The molecule has 0 unspecified atom stereocenters. The first kappa shape index (κ1) is 8.96. The van der Waals surface area contributed by atoms with Crippen molar-refractivity contribution in [3.05, 3.63) is 35.9 Å². The third-order valence-electron chi connectivity index (χ3n) is 3.33. The smallest absolute Gasteiger partial charge is 0.128 e. The quantitative estimate of drug-likeness (QED) is 0.736. The van der Waals surface area contributed by atoms with E-state index in [9.17, 15) is 0 Å². The average molecular weight is 199 g/mol. The van der Waals surface area contributed by atoms with Crippen LogP contribution in [0, 0.1) is 6.07 Å². The maximum Gasteiger partial charge on any atom is 0.128 e. The highest BCUT2D eigenvalue weighted by molar-refractivity contribution is 6.00. The molecule has 1 N–H and O–H groups in total. The predicted molar refractivity (Wildman–Crippen MR) is 61.0 cm³/mol. The van der Waals surface area contributed by atoms with E-state index >= 15 is 0 Å². The maximum atomic E-state index is 4.77. The number of aliphatic imine (C=N–C) groups is 1. The normalized spacial score (nSPS) is 29.2. The Morgan fingerprint density at radius 2 is 2.27 bits per heavy atom. The van der Waals surface area contributed by atoms with Crippen LogP contribution in [0.25, 0.3) is 0 Å². The molecular weight excluding hydrogens is 184 g/mol. The number of fused-ring (bicyclic) bond motifs is 1. The first-order valence-corrected chi connectivity index (χ1v) is 5.74. The van der Waals surface area contributed by atoms with Gasteiger partial charge in [-0.05, 0) is 25.0 Å². The van der Waals surface area contributed by atoms with Crippen LogP contribution in [0.5, 0.6) is 0 Å². The molecule has 1 aliphatic heterocycles. The van der Waals surface area contributed by atoms with Crippen LogP contribution >= 0.6 is 0 Å². The minimum Gasteiger partial charge on any atom is -0.365 e. The fourth-order valence-electron chi connectivity index (χ4n) is 2.51. The van der Waals surface area contributed by atoms with Crippen molar-refractivity contribution < 1.29 is 0 Å². The summed E-state index contributed by atoms with van der Waals surface area (Å²) in [6.45, 7) is 0. The summed E-state index contributed by atoms with van der Waals surface area (Å²) in [4.78, 5) is 4.77. The van der Waals surface area contributed by atoms with E-state index in [1.54, 1.807) is 0 Å². The number of hydrogen-bond donors (Lipinski definition) is 1. The van der Waals surface area contributed by atoms with Gasteiger partial charge in [0.25, 0.3) is 0 Å². The molecule has 1 aliphatic carbocycles. The summed E-state index contributed by atoms with van der Waals surface area (Å²) >= 11 is 0. The highest BCUT2D eigenvalue weighted by Gasteiger charge is 2.30. The lowest BCUT2D eigenvalue weighted by molar-refractivity contribution is 0.385. The summed E-state index contributed by atoms with van der Waals surface area (Å²) in [7, 11) is 0. The van der Waals surface area contributed by atoms with Crippen LogP contribution in [-0.2, 0) is 0 Å². The summed E-state index contributed by atoms with van der Waals surface area (Å²) in [5.41, 5.74) is 1.17. The van der Waals surface area contributed by atoms with Crippen LogP contribution < -0.4 is 5.32 Å². The third-order valence-corrected chi connectivity index (χ3v) is 3.33. The molecule has 0 spiro atoms. The summed E-state index contributed by atoms with van der Waals surface area (Å²) < 4.78 is 0. The molecule has 2 heteroatoms. The fraction of sp³-hybridized carbons (Fsp3) is 0.462. The first-order chi connectivity index (χ1) is 7.43. The van der Waals surface area contributed by atoms with E-state index in [1.807, 2.05) is 18.2 Å². The minimum absolute atomic E-state index is 0.522. The van der Waals surface area contributed by atoms with E-state index in [-0.39, 0.29) is 0 Å². The lowest BCUT2D eigenvalue weighted by Crippen LogP contribution is -2.36. The van der Waals surface area contributed by atoms with Gasteiger partial charge < -0.3 is 5.32 Å². The van der Waals surface area contributed by atoms with E-state index in [0.29, 0.717) is 12.1 Å². The van der Waals surface area contributed by atoms with E-state index < -0.39 is 0 Å². The van der Waals surface area contributed by atoms with Crippen LogP contribution in [0.3, 0.4) is 0 Å². The molecule has 1 aromatic carbocycles. The third kappa shape index (κ3) is 1.65. The van der Waals surface area contributed by atoms with Crippen LogP contribution in [0.1, 0.15) is 31.2 Å². The van der Waals surface area contributed by atoms with Crippen molar-refractivity contribution in [2.24, 2.45) is 4.99 Å². The molecule has 0 bridgehead atoms. The molecule has 3 rings (SSSR count). The van der Waals surface area contributed by atoms with E-state index in [2.05, 4.69) is 17.4 Å². The number of benzene rings is 1. The second-order valence-corrected chi connectivity index (χ2v) is 4.37. The first-order valence-electron chi connectivity index (χ1n) is 5.74. The molecule has 0 aromatic heterocycles. The van der Waals surface area contributed by atoms with E-state index in [1.165, 1.54) is 31.2 Å². The minimum atomic E-state index is 0.522. The topological polar surface area (TPSA) is 24.4 Å². The Morgan fingerprint density at radius 3 is 3.07 bits per heavy atom. The van der Waals surface area contributed by atoms with Gasteiger partial charge in [0.05, 0.1) is 6.04 Å². The molecule has 1 radical (unpaired) electrons. The van der Waals surface area contributed by atoms with Crippen molar-refractivity contribution in [3.8, 4) is 0 Å². The number of rotatable bonds is 1. The zero-order valence-electron chi connectivity index (χ0n) is 8.74. The average Bonchev–Trinajstić information content (AvgIpc) is 2.74. The zero-order chi connectivity index (χ0) is 10.1. The highest BCUT2D eigenvalue weighted by atomic mass is 15.1. The molecule has 0 saturated heterocycles. The molecule has 77 valence electrons. The van der Waals surface area contributed by atoms with Gasteiger partial charge in [0.1, 0.15) is 5.84 Å². The van der Waals surface area contributed by atoms with Gasteiger partial charge in [0.15, 0.2) is 0 Å². The predicted octanol–water partition coefficient (Wildman–Crippen LogP) is 2.15. The van der Waals surface area contributed by atoms with Crippen molar-refractivity contribution in [2.75, 3.05) is 0 Å². The molecule has 2 aliphatic rings. The molecule has 2 nitrogen and oxygen atoms in total. The zero-order valence-corrected chi connectivity index (χ0v) is 8.74. The molecule has 2 atom stereocenters. The largest absolute Gasteiger partial charge is 0.365 e. The van der Waals surface area contributed by atoms with Gasteiger partial charge in [-0.2, -0.15) is 0 Å². The monoisotopic (exact) mass is 199 g/mol. The van der Waals surface area contributed by atoms with Gasteiger partial charge in [0, 0.05) is 11.6 Å². The van der Waals surface area contributed by atoms with E-state index in [4.69, 9.17) is 4.99 Å². The van der Waals surface area contributed by atoms with E-state index in [0.717, 1.165) is 5.84 Å². The summed E-state index contributed by atoms with van der Waals surface area (Å²) in [5, 5.41) is 3.54. The van der Waals surface area contributed by atoms with Gasteiger partial charge in [-0.15, -0.1) is 0 Å². The second-order valence-electron chi connectivity index (χ2n) is 4.37. The summed E-state index contributed by atoms with van der Waals surface area (Å²) in [5.74, 6) is 1.07. The van der Waals surface area contributed by atoms with Crippen molar-refractivity contribution >= 4 is 5.84 Å². The van der Waals surface area contributed by atoms with Crippen molar-refractivity contribution in [2.45, 2.75) is 37.8 Å². The van der Waals surface area contributed by atoms with Gasteiger partial charge >= 0.3 is 0 Å². The molecule has 1 aromatic rings. The Morgan fingerprint density at radius 1 is 1.33 bits per heavy atom. The lowest BCUT2D eigenvalue weighted by atomic mass is 9.92. The molecular formula is C13H15N2. The van der Waals surface area contributed by atoms with Crippen LogP contribution in [0.15, 0.2) is 29.3 Å². The number of amidine groups is 1. The number of nitrogens with zero attached hydrogens (tertiary/aromatic N) is 1. The van der Waals surface area contributed by atoms with Gasteiger partial charge in [0.2, 0.25) is 0 Å². The molecule has 15 heavy (non-hydrogen) atoms. The standard InChI is InChI=1S/C13H15N2/c1-2-6-10(7-3-1)13-14-11-8-4-5-9-12(11)15-13/h1-2,6-7,11-12H,4-5,8-9H2,(H,14,15)/t11-,12-/m1/s1.